The summed E-state index contributed by atoms with van der Waals surface area (Å²) in [6.45, 7) is 0. The van der Waals surface area contributed by atoms with E-state index < -0.39 is 11.9 Å². The molecule has 0 saturated carbocycles. The molecule has 118 valence electrons. The SMILES string of the molecule is O=C(O)c1ncc(-c2ccc(-c3cnc(C(=O)O)nc3)cc2)cn1. The zero-order chi connectivity index (χ0) is 17.1. The smallest absolute Gasteiger partial charge is 0.373 e. The topological polar surface area (TPSA) is 126 Å². The Morgan fingerprint density at radius 1 is 0.583 bits per heavy atom. The molecule has 24 heavy (non-hydrogen) atoms. The molecule has 0 radical (unpaired) electrons. The Hall–Kier alpha value is -3.68. The lowest BCUT2D eigenvalue weighted by molar-refractivity contribution is 0.0673. The molecule has 0 aliphatic carbocycles. The zero-order valence-corrected chi connectivity index (χ0v) is 12.1. The van der Waals surface area contributed by atoms with Crippen LogP contribution in [0.15, 0.2) is 49.1 Å². The van der Waals surface area contributed by atoms with Crippen LogP contribution in [0.25, 0.3) is 22.3 Å². The van der Waals surface area contributed by atoms with Crippen LogP contribution >= 0.6 is 0 Å². The first-order valence-corrected chi connectivity index (χ1v) is 6.76. The molecular formula is C16H10N4O4. The quantitative estimate of drug-likeness (QED) is 0.746. The summed E-state index contributed by atoms with van der Waals surface area (Å²) >= 11 is 0. The van der Waals surface area contributed by atoms with Crippen LogP contribution in [0, 0.1) is 0 Å². The highest BCUT2D eigenvalue weighted by Gasteiger charge is 2.08. The summed E-state index contributed by atoms with van der Waals surface area (Å²) in [7, 11) is 0. The zero-order valence-electron chi connectivity index (χ0n) is 12.1. The van der Waals surface area contributed by atoms with Crippen molar-refractivity contribution in [2.45, 2.75) is 0 Å². The van der Waals surface area contributed by atoms with Gasteiger partial charge in [0.25, 0.3) is 0 Å². The molecule has 0 unspecified atom stereocenters. The maximum atomic E-state index is 10.7. The monoisotopic (exact) mass is 322 g/mol. The second-order valence-corrected chi connectivity index (χ2v) is 4.78. The minimum Gasteiger partial charge on any atom is -0.475 e. The number of rotatable bonds is 4. The van der Waals surface area contributed by atoms with Gasteiger partial charge in [-0.3, -0.25) is 0 Å². The maximum absolute atomic E-state index is 10.7. The molecule has 2 aromatic heterocycles. The summed E-state index contributed by atoms with van der Waals surface area (Å²) in [5.41, 5.74) is 3.01. The fraction of sp³-hybridized carbons (Fsp3) is 0. The minimum absolute atomic E-state index is 0.258. The average molecular weight is 322 g/mol. The molecule has 0 spiro atoms. The Kier molecular flexibility index (Phi) is 3.94. The Bertz CT molecular complexity index is 814. The molecule has 0 amide bonds. The van der Waals surface area contributed by atoms with Gasteiger partial charge in [-0.1, -0.05) is 24.3 Å². The van der Waals surface area contributed by atoms with Crippen molar-refractivity contribution in [1.29, 1.82) is 0 Å². The first-order valence-electron chi connectivity index (χ1n) is 6.76. The lowest BCUT2D eigenvalue weighted by Crippen LogP contribution is -2.03. The van der Waals surface area contributed by atoms with Gasteiger partial charge in [-0.15, -0.1) is 0 Å². The van der Waals surface area contributed by atoms with Crippen molar-refractivity contribution in [3.63, 3.8) is 0 Å². The van der Waals surface area contributed by atoms with E-state index in [1.54, 1.807) is 0 Å². The van der Waals surface area contributed by atoms with Crippen LogP contribution in [0.4, 0.5) is 0 Å². The van der Waals surface area contributed by atoms with Crippen molar-refractivity contribution in [2.24, 2.45) is 0 Å². The normalized spacial score (nSPS) is 10.3. The van der Waals surface area contributed by atoms with Crippen LogP contribution in [0.3, 0.4) is 0 Å². The Morgan fingerprint density at radius 3 is 1.12 bits per heavy atom. The molecule has 0 aliphatic rings. The lowest BCUT2D eigenvalue weighted by Gasteiger charge is -2.04. The summed E-state index contributed by atoms with van der Waals surface area (Å²) in [5, 5.41) is 17.6. The molecule has 1 aromatic carbocycles. The van der Waals surface area contributed by atoms with Crippen LogP contribution in [-0.2, 0) is 0 Å². The minimum atomic E-state index is -1.18. The summed E-state index contributed by atoms with van der Waals surface area (Å²) in [6.07, 6.45) is 5.76. The van der Waals surface area contributed by atoms with Crippen molar-refractivity contribution in [1.82, 2.24) is 19.9 Å². The van der Waals surface area contributed by atoms with Crippen molar-refractivity contribution in [3.8, 4) is 22.3 Å². The fourth-order valence-corrected chi connectivity index (χ4v) is 2.03. The third kappa shape index (κ3) is 3.07. The van der Waals surface area contributed by atoms with E-state index in [9.17, 15) is 9.59 Å². The second-order valence-electron chi connectivity index (χ2n) is 4.78. The molecule has 0 aliphatic heterocycles. The number of aromatic nitrogens is 4. The Labute approximate surface area is 135 Å². The summed E-state index contributed by atoms with van der Waals surface area (Å²) in [5.74, 6) is -2.87. The molecule has 2 N–H and O–H groups in total. The van der Waals surface area contributed by atoms with Gasteiger partial charge in [-0.25, -0.2) is 29.5 Å². The Balaban J connectivity index is 1.84. The van der Waals surface area contributed by atoms with Crippen LogP contribution in [0.1, 0.15) is 21.2 Å². The number of hydrogen-bond acceptors (Lipinski definition) is 6. The maximum Gasteiger partial charge on any atom is 0.373 e. The summed E-state index contributed by atoms with van der Waals surface area (Å²) < 4.78 is 0. The van der Waals surface area contributed by atoms with E-state index in [1.807, 2.05) is 24.3 Å². The van der Waals surface area contributed by atoms with Gasteiger partial charge >= 0.3 is 11.9 Å². The van der Waals surface area contributed by atoms with Gasteiger partial charge in [0.05, 0.1) is 0 Å². The predicted molar refractivity (Wildman–Crippen MR) is 82.4 cm³/mol. The van der Waals surface area contributed by atoms with Crippen molar-refractivity contribution in [2.75, 3.05) is 0 Å². The molecule has 8 heteroatoms. The van der Waals surface area contributed by atoms with Gasteiger partial charge in [-0.05, 0) is 11.1 Å². The van der Waals surface area contributed by atoms with E-state index in [0.717, 1.165) is 11.1 Å². The average Bonchev–Trinajstić information content (AvgIpc) is 2.62. The first kappa shape index (κ1) is 15.2. The Morgan fingerprint density at radius 2 is 0.875 bits per heavy atom. The first-order chi connectivity index (χ1) is 11.5. The van der Waals surface area contributed by atoms with Crippen molar-refractivity contribution >= 4 is 11.9 Å². The van der Waals surface area contributed by atoms with Crippen LogP contribution < -0.4 is 0 Å². The van der Waals surface area contributed by atoms with Crippen LogP contribution in [0.2, 0.25) is 0 Å². The summed E-state index contributed by atoms with van der Waals surface area (Å²) in [6, 6.07) is 7.28. The van der Waals surface area contributed by atoms with Gasteiger partial charge in [0.2, 0.25) is 11.6 Å². The van der Waals surface area contributed by atoms with E-state index >= 15 is 0 Å². The van der Waals surface area contributed by atoms with Crippen LogP contribution in [-0.4, -0.2) is 42.1 Å². The number of benzene rings is 1. The fourth-order valence-electron chi connectivity index (χ4n) is 2.03. The molecule has 2 heterocycles. The van der Waals surface area contributed by atoms with E-state index in [0.29, 0.717) is 11.1 Å². The largest absolute Gasteiger partial charge is 0.475 e. The van der Waals surface area contributed by atoms with Crippen LogP contribution in [0.5, 0.6) is 0 Å². The van der Waals surface area contributed by atoms with Gasteiger partial charge in [0.1, 0.15) is 0 Å². The highest BCUT2D eigenvalue weighted by atomic mass is 16.4. The third-order valence-corrected chi connectivity index (χ3v) is 3.24. The number of carboxylic acids is 2. The number of carbonyl (C=O) groups is 2. The van der Waals surface area contributed by atoms with Gasteiger partial charge < -0.3 is 10.2 Å². The lowest BCUT2D eigenvalue weighted by atomic mass is 10.0. The molecule has 0 bridgehead atoms. The van der Waals surface area contributed by atoms with E-state index in [2.05, 4.69) is 19.9 Å². The van der Waals surface area contributed by atoms with Gasteiger partial charge in [0.15, 0.2) is 0 Å². The van der Waals surface area contributed by atoms with Gasteiger partial charge in [-0.2, -0.15) is 0 Å². The van der Waals surface area contributed by atoms with Gasteiger partial charge in [0, 0.05) is 35.9 Å². The molecule has 8 nitrogen and oxygen atoms in total. The summed E-state index contributed by atoms with van der Waals surface area (Å²) in [4.78, 5) is 36.6. The highest BCUT2D eigenvalue weighted by Crippen LogP contribution is 2.23. The van der Waals surface area contributed by atoms with E-state index in [1.165, 1.54) is 24.8 Å². The molecule has 0 fully saturated rings. The molecule has 0 saturated heterocycles. The second kappa shape index (κ2) is 6.21. The molecule has 3 aromatic rings. The standard InChI is InChI=1S/C16H10N4O4/c21-15(22)13-17-5-11(6-18-13)9-1-2-10(4-3-9)12-7-19-14(16(23)24)20-8-12/h1-8H,(H,21,22)(H,23,24). The molecular weight excluding hydrogens is 312 g/mol. The number of carboxylic acid groups (broad SMARTS) is 2. The number of hydrogen-bond donors (Lipinski definition) is 2. The van der Waals surface area contributed by atoms with E-state index in [-0.39, 0.29) is 11.6 Å². The number of aromatic carboxylic acids is 2. The number of nitrogens with zero attached hydrogens (tertiary/aromatic N) is 4. The van der Waals surface area contributed by atoms with E-state index in [4.69, 9.17) is 10.2 Å². The third-order valence-electron chi connectivity index (χ3n) is 3.24. The highest BCUT2D eigenvalue weighted by molar-refractivity contribution is 5.84. The van der Waals surface area contributed by atoms with Crippen molar-refractivity contribution < 1.29 is 19.8 Å². The predicted octanol–water partition coefficient (Wildman–Crippen LogP) is 2.00. The van der Waals surface area contributed by atoms with Crippen molar-refractivity contribution in [3.05, 3.63) is 60.7 Å². The molecule has 3 rings (SSSR count). The molecule has 0 atom stereocenters.